The van der Waals surface area contributed by atoms with Crippen LogP contribution in [0.2, 0.25) is 0 Å². The van der Waals surface area contributed by atoms with Crippen molar-refractivity contribution in [3.05, 3.63) is 27.3 Å². The van der Waals surface area contributed by atoms with E-state index in [1.165, 1.54) is 11.8 Å². The van der Waals surface area contributed by atoms with Crippen LogP contribution in [-0.2, 0) is 9.53 Å². The minimum atomic E-state index is 0.0129. The number of hydrogen-bond acceptors (Lipinski definition) is 5. The second-order valence-corrected chi connectivity index (χ2v) is 7.10. The van der Waals surface area contributed by atoms with E-state index in [-0.39, 0.29) is 12.0 Å². The SMILES string of the molecule is O=C1C(=Cc2cccs2)SC(=S)N1CC1CCCO1. The van der Waals surface area contributed by atoms with Crippen LogP contribution in [0.25, 0.3) is 6.08 Å². The first-order valence-electron chi connectivity index (χ1n) is 6.14. The molecule has 0 spiro atoms. The van der Waals surface area contributed by atoms with Crippen molar-refractivity contribution < 1.29 is 9.53 Å². The Labute approximate surface area is 125 Å². The normalized spacial score (nSPS) is 25.8. The Kier molecular flexibility index (Phi) is 4.02. The standard InChI is InChI=1S/C13H13NO2S3/c15-12-11(7-10-4-2-6-18-10)19-13(17)14(12)8-9-3-1-5-16-9/h2,4,6-7,9H,1,3,5,8H2. The number of hydrogen-bond donors (Lipinski definition) is 0. The Bertz CT molecular complexity index is 518. The summed E-state index contributed by atoms with van der Waals surface area (Å²) in [5.41, 5.74) is 0. The maximum atomic E-state index is 12.3. The lowest BCUT2D eigenvalue weighted by Gasteiger charge is -2.18. The van der Waals surface area contributed by atoms with Crippen molar-refractivity contribution in [3.63, 3.8) is 0 Å². The van der Waals surface area contributed by atoms with Gasteiger partial charge in [0, 0.05) is 11.5 Å². The molecule has 1 amide bonds. The molecule has 19 heavy (non-hydrogen) atoms. The predicted octanol–water partition coefficient (Wildman–Crippen LogP) is 3.13. The maximum absolute atomic E-state index is 12.3. The minimum absolute atomic E-state index is 0.0129. The van der Waals surface area contributed by atoms with Gasteiger partial charge in [-0.25, -0.2) is 0 Å². The molecule has 1 atom stereocenters. The van der Waals surface area contributed by atoms with E-state index in [1.807, 2.05) is 23.6 Å². The van der Waals surface area contributed by atoms with Gasteiger partial charge < -0.3 is 4.74 Å². The van der Waals surface area contributed by atoms with Crippen LogP contribution in [-0.4, -0.2) is 34.4 Å². The Balaban J connectivity index is 1.73. The number of rotatable bonds is 3. The van der Waals surface area contributed by atoms with Gasteiger partial charge in [-0.1, -0.05) is 30.0 Å². The summed E-state index contributed by atoms with van der Waals surface area (Å²) in [6.07, 6.45) is 4.15. The molecule has 2 aliphatic heterocycles. The molecule has 3 rings (SSSR count). The van der Waals surface area contributed by atoms with Gasteiger partial charge in [-0.15, -0.1) is 11.3 Å². The molecule has 3 heterocycles. The summed E-state index contributed by atoms with van der Waals surface area (Å²) in [5.74, 6) is 0.0129. The lowest BCUT2D eigenvalue weighted by Crippen LogP contribution is -2.35. The Morgan fingerprint density at radius 3 is 3.16 bits per heavy atom. The molecule has 100 valence electrons. The molecule has 3 nitrogen and oxygen atoms in total. The molecule has 1 aromatic heterocycles. The summed E-state index contributed by atoms with van der Waals surface area (Å²) < 4.78 is 6.21. The Morgan fingerprint density at radius 1 is 1.58 bits per heavy atom. The zero-order chi connectivity index (χ0) is 13.2. The molecule has 0 bridgehead atoms. The fourth-order valence-corrected chi connectivity index (χ4v) is 4.15. The van der Waals surface area contributed by atoms with E-state index in [9.17, 15) is 4.79 Å². The molecule has 2 saturated heterocycles. The average molecular weight is 311 g/mol. The number of ether oxygens (including phenoxy) is 1. The van der Waals surface area contributed by atoms with E-state index in [2.05, 4.69) is 0 Å². The van der Waals surface area contributed by atoms with Gasteiger partial charge in [0.05, 0.1) is 17.6 Å². The summed E-state index contributed by atoms with van der Waals surface area (Å²) in [4.78, 5) is 15.8. The fourth-order valence-electron chi connectivity index (χ4n) is 2.15. The molecule has 0 radical (unpaired) electrons. The second-order valence-electron chi connectivity index (χ2n) is 4.44. The molecule has 6 heteroatoms. The van der Waals surface area contributed by atoms with E-state index in [1.54, 1.807) is 16.2 Å². The number of carbonyl (C=O) groups is 1. The summed E-state index contributed by atoms with van der Waals surface area (Å²) in [5, 5.41) is 2.00. The monoisotopic (exact) mass is 311 g/mol. The van der Waals surface area contributed by atoms with Crippen molar-refractivity contribution in [1.82, 2.24) is 4.90 Å². The van der Waals surface area contributed by atoms with Crippen molar-refractivity contribution >= 4 is 51.6 Å². The first-order valence-corrected chi connectivity index (χ1v) is 8.25. The molecule has 1 aromatic rings. The molecular formula is C13H13NO2S3. The molecule has 0 aliphatic carbocycles. The van der Waals surface area contributed by atoms with Crippen molar-refractivity contribution in [1.29, 1.82) is 0 Å². The van der Waals surface area contributed by atoms with Crippen molar-refractivity contribution in [3.8, 4) is 0 Å². The van der Waals surface area contributed by atoms with Crippen LogP contribution >= 0.6 is 35.3 Å². The number of thiophene rings is 1. The van der Waals surface area contributed by atoms with E-state index in [0.717, 1.165) is 24.3 Å². The molecule has 0 saturated carbocycles. The molecular weight excluding hydrogens is 298 g/mol. The van der Waals surface area contributed by atoms with Gasteiger partial charge in [0.15, 0.2) is 0 Å². The molecule has 2 aliphatic rings. The van der Waals surface area contributed by atoms with Gasteiger partial charge >= 0.3 is 0 Å². The summed E-state index contributed by atoms with van der Waals surface area (Å²) >= 11 is 8.30. The van der Waals surface area contributed by atoms with Crippen LogP contribution in [0, 0.1) is 0 Å². The smallest absolute Gasteiger partial charge is 0.266 e. The van der Waals surface area contributed by atoms with Gasteiger partial charge in [0.2, 0.25) is 0 Å². The largest absolute Gasteiger partial charge is 0.376 e. The lowest BCUT2D eigenvalue weighted by molar-refractivity contribution is -0.123. The summed E-state index contributed by atoms with van der Waals surface area (Å²) in [6, 6.07) is 3.97. The molecule has 1 unspecified atom stereocenters. The van der Waals surface area contributed by atoms with Gasteiger partial charge in [-0.2, -0.15) is 0 Å². The van der Waals surface area contributed by atoms with Crippen LogP contribution in [0.5, 0.6) is 0 Å². The highest BCUT2D eigenvalue weighted by molar-refractivity contribution is 8.26. The van der Waals surface area contributed by atoms with Crippen molar-refractivity contribution in [2.45, 2.75) is 18.9 Å². The van der Waals surface area contributed by atoms with Crippen LogP contribution in [0.3, 0.4) is 0 Å². The van der Waals surface area contributed by atoms with Crippen LogP contribution < -0.4 is 0 Å². The van der Waals surface area contributed by atoms with Gasteiger partial charge in [-0.05, 0) is 30.4 Å². The zero-order valence-electron chi connectivity index (χ0n) is 10.2. The molecule has 2 fully saturated rings. The van der Waals surface area contributed by atoms with Gasteiger partial charge in [0.25, 0.3) is 5.91 Å². The zero-order valence-corrected chi connectivity index (χ0v) is 12.7. The first kappa shape index (κ1) is 13.3. The van der Waals surface area contributed by atoms with E-state index in [0.29, 0.717) is 15.8 Å². The summed E-state index contributed by atoms with van der Waals surface area (Å²) in [6.45, 7) is 1.39. The number of thiocarbonyl (C=S) groups is 1. The van der Waals surface area contributed by atoms with Gasteiger partial charge in [-0.3, -0.25) is 9.69 Å². The third-order valence-corrected chi connectivity index (χ3v) is 5.30. The highest BCUT2D eigenvalue weighted by Crippen LogP contribution is 2.34. The first-order chi connectivity index (χ1) is 9.24. The maximum Gasteiger partial charge on any atom is 0.266 e. The highest BCUT2D eigenvalue weighted by Gasteiger charge is 2.34. The van der Waals surface area contributed by atoms with Crippen LogP contribution in [0.4, 0.5) is 0 Å². The molecule has 0 aromatic carbocycles. The van der Waals surface area contributed by atoms with Crippen molar-refractivity contribution in [2.24, 2.45) is 0 Å². The quantitative estimate of drug-likeness (QED) is 0.633. The van der Waals surface area contributed by atoms with Gasteiger partial charge in [0.1, 0.15) is 4.32 Å². The number of thioether (sulfide) groups is 1. The third-order valence-electron chi connectivity index (χ3n) is 3.10. The number of carbonyl (C=O) groups excluding carboxylic acids is 1. The Hall–Kier alpha value is -0.690. The minimum Gasteiger partial charge on any atom is -0.376 e. The average Bonchev–Trinajstić information content (AvgIpc) is 3.10. The van der Waals surface area contributed by atoms with E-state index < -0.39 is 0 Å². The Morgan fingerprint density at radius 2 is 2.47 bits per heavy atom. The molecule has 0 N–H and O–H groups in total. The fraction of sp³-hybridized carbons (Fsp3) is 0.385. The third kappa shape index (κ3) is 2.91. The number of amides is 1. The highest BCUT2D eigenvalue weighted by atomic mass is 32.2. The van der Waals surface area contributed by atoms with E-state index in [4.69, 9.17) is 17.0 Å². The predicted molar refractivity (Wildman–Crippen MR) is 83.2 cm³/mol. The topological polar surface area (TPSA) is 29.5 Å². The van der Waals surface area contributed by atoms with Crippen LogP contribution in [0.15, 0.2) is 22.4 Å². The van der Waals surface area contributed by atoms with Crippen LogP contribution in [0.1, 0.15) is 17.7 Å². The summed E-state index contributed by atoms with van der Waals surface area (Å²) in [7, 11) is 0. The van der Waals surface area contributed by atoms with Crippen molar-refractivity contribution in [2.75, 3.05) is 13.2 Å². The number of nitrogens with zero attached hydrogens (tertiary/aromatic N) is 1. The second kappa shape index (κ2) is 5.75. The van der Waals surface area contributed by atoms with E-state index >= 15 is 0 Å². The lowest BCUT2D eigenvalue weighted by atomic mass is 10.2.